The SMILES string of the molecule is C1=CN(c2ccnc3c2cnn3C2CCNCC2)CNC1. The zero-order valence-electron chi connectivity index (χ0n) is 12.0. The molecule has 110 valence electrons. The van der Waals surface area contributed by atoms with Crippen LogP contribution in [0.1, 0.15) is 18.9 Å². The lowest BCUT2D eigenvalue weighted by atomic mass is 10.1. The summed E-state index contributed by atoms with van der Waals surface area (Å²) in [6.07, 6.45) is 10.4. The molecule has 4 heterocycles. The number of piperidine rings is 1. The van der Waals surface area contributed by atoms with Crippen LogP contribution in [0, 0.1) is 0 Å². The summed E-state index contributed by atoms with van der Waals surface area (Å²) in [6, 6.07) is 2.52. The van der Waals surface area contributed by atoms with Gasteiger partial charge in [0, 0.05) is 18.9 Å². The van der Waals surface area contributed by atoms with Crippen molar-refractivity contribution in [1.82, 2.24) is 25.4 Å². The number of anilines is 1. The standard InChI is InChI=1S/C15H20N6/c1-5-17-11-20(9-1)14-4-8-18-15-13(14)10-19-21(15)12-2-6-16-7-3-12/h1,4,8-10,12,16-17H,2-3,5-7,11H2. The Bertz CT molecular complexity index is 655. The molecule has 2 aliphatic rings. The minimum atomic E-state index is 0.460. The van der Waals surface area contributed by atoms with Gasteiger partial charge in [-0.3, -0.25) is 5.32 Å². The van der Waals surface area contributed by atoms with Gasteiger partial charge in [0.1, 0.15) is 0 Å². The van der Waals surface area contributed by atoms with Crippen LogP contribution in [-0.4, -0.2) is 41.1 Å². The Morgan fingerprint density at radius 2 is 2.10 bits per heavy atom. The molecule has 0 spiro atoms. The van der Waals surface area contributed by atoms with E-state index in [1.807, 2.05) is 12.4 Å². The van der Waals surface area contributed by atoms with E-state index in [0.29, 0.717) is 6.04 Å². The first-order valence-electron chi connectivity index (χ1n) is 7.60. The van der Waals surface area contributed by atoms with E-state index in [0.717, 1.165) is 50.2 Å². The second-order valence-corrected chi connectivity index (χ2v) is 5.60. The first kappa shape index (κ1) is 12.8. The number of rotatable bonds is 2. The normalized spacial score (nSPS) is 20.3. The van der Waals surface area contributed by atoms with E-state index in [-0.39, 0.29) is 0 Å². The van der Waals surface area contributed by atoms with Crippen molar-refractivity contribution in [2.45, 2.75) is 18.9 Å². The van der Waals surface area contributed by atoms with Crippen LogP contribution in [0.2, 0.25) is 0 Å². The second kappa shape index (κ2) is 5.46. The summed E-state index contributed by atoms with van der Waals surface area (Å²) in [5, 5.41) is 12.5. The Morgan fingerprint density at radius 1 is 1.19 bits per heavy atom. The molecule has 21 heavy (non-hydrogen) atoms. The van der Waals surface area contributed by atoms with E-state index < -0.39 is 0 Å². The highest BCUT2D eigenvalue weighted by molar-refractivity contribution is 5.89. The topological polar surface area (TPSA) is 58.0 Å². The Hall–Kier alpha value is -1.92. The average molecular weight is 284 g/mol. The third-order valence-corrected chi connectivity index (χ3v) is 4.27. The highest BCUT2D eigenvalue weighted by Gasteiger charge is 2.20. The Balaban J connectivity index is 1.75. The van der Waals surface area contributed by atoms with Gasteiger partial charge in [-0.15, -0.1) is 0 Å². The third-order valence-electron chi connectivity index (χ3n) is 4.27. The van der Waals surface area contributed by atoms with Gasteiger partial charge in [-0.05, 0) is 32.0 Å². The monoisotopic (exact) mass is 284 g/mol. The van der Waals surface area contributed by atoms with Gasteiger partial charge < -0.3 is 10.2 Å². The molecule has 0 atom stereocenters. The minimum Gasteiger partial charge on any atom is -0.334 e. The van der Waals surface area contributed by atoms with Crippen molar-refractivity contribution in [2.24, 2.45) is 0 Å². The Labute approximate surface area is 123 Å². The van der Waals surface area contributed by atoms with Crippen molar-refractivity contribution in [3.05, 3.63) is 30.7 Å². The van der Waals surface area contributed by atoms with Crippen molar-refractivity contribution < 1.29 is 0 Å². The molecule has 0 aromatic carbocycles. The van der Waals surface area contributed by atoms with Crippen molar-refractivity contribution in [3.8, 4) is 0 Å². The summed E-state index contributed by atoms with van der Waals surface area (Å²) >= 11 is 0. The van der Waals surface area contributed by atoms with Crippen LogP contribution in [0.15, 0.2) is 30.7 Å². The van der Waals surface area contributed by atoms with Gasteiger partial charge in [-0.1, -0.05) is 6.08 Å². The molecule has 6 nitrogen and oxygen atoms in total. The molecule has 0 saturated carbocycles. The number of pyridine rings is 1. The number of nitrogens with zero attached hydrogens (tertiary/aromatic N) is 4. The lowest BCUT2D eigenvalue weighted by Gasteiger charge is -2.25. The van der Waals surface area contributed by atoms with Crippen LogP contribution >= 0.6 is 0 Å². The van der Waals surface area contributed by atoms with Crippen molar-refractivity contribution in [1.29, 1.82) is 0 Å². The molecule has 0 unspecified atom stereocenters. The van der Waals surface area contributed by atoms with Gasteiger partial charge in [0.15, 0.2) is 5.65 Å². The maximum absolute atomic E-state index is 4.63. The fourth-order valence-electron chi connectivity index (χ4n) is 3.17. The fraction of sp³-hybridized carbons (Fsp3) is 0.467. The number of nitrogens with one attached hydrogen (secondary N) is 2. The van der Waals surface area contributed by atoms with Crippen LogP contribution in [0.25, 0.3) is 11.0 Å². The first-order chi connectivity index (χ1) is 10.4. The molecule has 0 bridgehead atoms. The molecule has 4 rings (SSSR count). The van der Waals surface area contributed by atoms with Gasteiger partial charge >= 0.3 is 0 Å². The molecule has 6 heteroatoms. The van der Waals surface area contributed by atoms with Crippen LogP contribution < -0.4 is 15.5 Å². The Kier molecular flexibility index (Phi) is 3.33. The number of aromatic nitrogens is 3. The maximum atomic E-state index is 4.63. The molecule has 0 aliphatic carbocycles. The highest BCUT2D eigenvalue weighted by atomic mass is 15.3. The van der Waals surface area contributed by atoms with Crippen LogP contribution in [-0.2, 0) is 0 Å². The summed E-state index contributed by atoms with van der Waals surface area (Å²) in [7, 11) is 0. The van der Waals surface area contributed by atoms with Gasteiger partial charge in [-0.2, -0.15) is 5.10 Å². The lowest BCUT2D eigenvalue weighted by molar-refractivity contribution is 0.350. The molecule has 2 aromatic heterocycles. The average Bonchev–Trinajstić information content (AvgIpc) is 3.00. The minimum absolute atomic E-state index is 0.460. The molecule has 1 saturated heterocycles. The quantitative estimate of drug-likeness (QED) is 0.869. The molecule has 2 aromatic rings. The molecular weight excluding hydrogens is 264 g/mol. The van der Waals surface area contributed by atoms with Gasteiger partial charge in [0.05, 0.1) is 30.0 Å². The molecule has 1 fully saturated rings. The number of fused-ring (bicyclic) bond motifs is 1. The van der Waals surface area contributed by atoms with E-state index in [2.05, 4.69) is 48.6 Å². The van der Waals surface area contributed by atoms with Crippen molar-refractivity contribution in [3.63, 3.8) is 0 Å². The predicted octanol–water partition coefficient (Wildman–Crippen LogP) is 1.24. The van der Waals surface area contributed by atoms with E-state index in [9.17, 15) is 0 Å². The van der Waals surface area contributed by atoms with Crippen LogP contribution in [0.3, 0.4) is 0 Å². The lowest BCUT2D eigenvalue weighted by Crippen LogP contribution is -2.34. The van der Waals surface area contributed by atoms with E-state index in [4.69, 9.17) is 0 Å². The third kappa shape index (κ3) is 2.30. The van der Waals surface area contributed by atoms with E-state index in [1.54, 1.807) is 0 Å². The zero-order chi connectivity index (χ0) is 14.1. The van der Waals surface area contributed by atoms with E-state index in [1.165, 1.54) is 5.69 Å². The fourth-order valence-corrected chi connectivity index (χ4v) is 3.17. The van der Waals surface area contributed by atoms with Gasteiger partial charge in [0.2, 0.25) is 0 Å². The smallest absolute Gasteiger partial charge is 0.160 e. The molecule has 0 amide bonds. The summed E-state index contributed by atoms with van der Waals surface area (Å²) in [5.74, 6) is 0. The van der Waals surface area contributed by atoms with Gasteiger partial charge in [-0.25, -0.2) is 9.67 Å². The Morgan fingerprint density at radius 3 is 2.90 bits per heavy atom. The molecule has 2 N–H and O–H groups in total. The largest absolute Gasteiger partial charge is 0.334 e. The van der Waals surface area contributed by atoms with Crippen molar-refractivity contribution >= 4 is 16.7 Å². The second-order valence-electron chi connectivity index (χ2n) is 5.60. The summed E-state index contributed by atoms with van der Waals surface area (Å²) in [4.78, 5) is 6.79. The van der Waals surface area contributed by atoms with E-state index >= 15 is 0 Å². The van der Waals surface area contributed by atoms with Crippen molar-refractivity contribution in [2.75, 3.05) is 31.2 Å². The molecule has 2 aliphatic heterocycles. The van der Waals surface area contributed by atoms with Gasteiger partial charge in [0.25, 0.3) is 0 Å². The molecule has 0 radical (unpaired) electrons. The zero-order valence-corrected chi connectivity index (χ0v) is 12.0. The maximum Gasteiger partial charge on any atom is 0.160 e. The first-order valence-corrected chi connectivity index (χ1v) is 7.60. The molecular formula is C15H20N6. The summed E-state index contributed by atoms with van der Waals surface area (Å²) in [5.41, 5.74) is 2.17. The highest BCUT2D eigenvalue weighted by Crippen LogP contribution is 2.29. The number of hydrogen-bond acceptors (Lipinski definition) is 5. The van der Waals surface area contributed by atoms with Crippen LogP contribution in [0.4, 0.5) is 5.69 Å². The summed E-state index contributed by atoms with van der Waals surface area (Å²) in [6.45, 7) is 3.88. The summed E-state index contributed by atoms with van der Waals surface area (Å²) < 4.78 is 2.11. The number of hydrogen-bond donors (Lipinski definition) is 2. The predicted molar refractivity (Wildman–Crippen MR) is 83.2 cm³/mol. The van der Waals surface area contributed by atoms with Crippen LogP contribution in [0.5, 0.6) is 0 Å².